The van der Waals surface area contributed by atoms with Crippen molar-refractivity contribution in [1.29, 1.82) is 0 Å². The third-order valence-corrected chi connectivity index (χ3v) is 5.79. The first-order valence-corrected chi connectivity index (χ1v) is 10.8. The molecule has 0 bridgehead atoms. The van der Waals surface area contributed by atoms with Crippen molar-refractivity contribution in [1.82, 2.24) is 14.9 Å². The Labute approximate surface area is 187 Å². The van der Waals surface area contributed by atoms with Crippen LogP contribution in [0, 0.1) is 13.8 Å². The van der Waals surface area contributed by atoms with Crippen LogP contribution in [0.1, 0.15) is 35.2 Å². The van der Waals surface area contributed by atoms with Gasteiger partial charge in [0.2, 0.25) is 5.91 Å². The van der Waals surface area contributed by atoms with Crippen LogP contribution in [0.3, 0.4) is 0 Å². The van der Waals surface area contributed by atoms with Gasteiger partial charge in [-0.1, -0.05) is 0 Å². The van der Waals surface area contributed by atoms with Crippen molar-refractivity contribution >= 4 is 29.3 Å². The number of rotatable bonds is 5. The summed E-state index contributed by atoms with van der Waals surface area (Å²) in [4.78, 5) is 52.0. The van der Waals surface area contributed by atoms with Crippen molar-refractivity contribution in [2.45, 2.75) is 33.2 Å². The van der Waals surface area contributed by atoms with Crippen molar-refractivity contribution in [2.24, 2.45) is 0 Å². The van der Waals surface area contributed by atoms with Crippen molar-refractivity contribution in [3.05, 3.63) is 47.4 Å². The molecule has 2 saturated heterocycles. The van der Waals surface area contributed by atoms with Gasteiger partial charge in [-0.2, -0.15) is 0 Å². The number of amides is 2. The van der Waals surface area contributed by atoms with Gasteiger partial charge in [0.05, 0.1) is 30.3 Å². The quantitative estimate of drug-likeness (QED) is 0.515. The molecular formula is C23H27N5O4. The van der Waals surface area contributed by atoms with Gasteiger partial charge in [0.15, 0.2) is 0 Å². The zero-order chi connectivity index (χ0) is 22.8. The second-order valence-electron chi connectivity index (χ2n) is 7.99. The molecule has 9 nitrogen and oxygen atoms in total. The van der Waals surface area contributed by atoms with E-state index in [1.54, 1.807) is 31.2 Å². The van der Waals surface area contributed by atoms with E-state index in [2.05, 4.69) is 19.8 Å². The van der Waals surface area contributed by atoms with Crippen LogP contribution in [0.25, 0.3) is 0 Å². The van der Waals surface area contributed by atoms with Gasteiger partial charge < -0.3 is 9.64 Å². The van der Waals surface area contributed by atoms with Gasteiger partial charge in [0.1, 0.15) is 11.6 Å². The highest BCUT2D eigenvalue weighted by Crippen LogP contribution is 2.27. The first kappa shape index (κ1) is 21.9. The number of esters is 1. The molecule has 9 heteroatoms. The largest absolute Gasteiger partial charge is 0.462 e. The fraction of sp³-hybridized carbons (Fsp3) is 0.435. The summed E-state index contributed by atoms with van der Waals surface area (Å²) < 4.78 is 4.98. The Balaban J connectivity index is 1.41. The summed E-state index contributed by atoms with van der Waals surface area (Å²) in [6.07, 6.45) is 0.157. The maximum Gasteiger partial charge on any atom is 0.338 e. The molecule has 0 saturated carbocycles. The maximum atomic E-state index is 13.1. The number of aryl methyl sites for hydroxylation is 2. The van der Waals surface area contributed by atoms with Gasteiger partial charge in [0, 0.05) is 37.9 Å². The topological polar surface area (TPSA) is 95.9 Å². The number of anilines is 2. The van der Waals surface area contributed by atoms with E-state index >= 15 is 0 Å². The Bertz CT molecular complexity index is 1010. The van der Waals surface area contributed by atoms with E-state index in [1.807, 2.05) is 19.9 Å². The van der Waals surface area contributed by atoms with E-state index in [-0.39, 0.29) is 24.8 Å². The van der Waals surface area contributed by atoms with Crippen molar-refractivity contribution < 1.29 is 19.1 Å². The maximum absolute atomic E-state index is 13.1. The molecule has 168 valence electrons. The SMILES string of the molecule is CCOC(=O)c1ccc(N2C(=O)CC(N3CCN(c4cc(C)nc(C)n4)CC3)C2=O)cc1. The zero-order valence-corrected chi connectivity index (χ0v) is 18.6. The summed E-state index contributed by atoms with van der Waals surface area (Å²) in [7, 11) is 0. The van der Waals surface area contributed by atoms with Crippen LogP contribution in [-0.2, 0) is 14.3 Å². The Kier molecular flexibility index (Phi) is 6.18. The summed E-state index contributed by atoms with van der Waals surface area (Å²) in [6.45, 7) is 8.64. The van der Waals surface area contributed by atoms with Crippen LogP contribution in [0.2, 0.25) is 0 Å². The van der Waals surface area contributed by atoms with E-state index in [4.69, 9.17) is 4.74 Å². The lowest BCUT2D eigenvalue weighted by molar-refractivity contribution is -0.123. The fourth-order valence-corrected chi connectivity index (χ4v) is 4.26. The molecule has 0 aliphatic carbocycles. The van der Waals surface area contributed by atoms with Crippen LogP contribution in [-0.4, -0.2) is 71.5 Å². The number of benzene rings is 1. The van der Waals surface area contributed by atoms with E-state index in [1.165, 1.54) is 4.90 Å². The molecule has 1 aromatic carbocycles. The summed E-state index contributed by atoms with van der Waals surface area (Å²) in [5.41, 5.74) is 1.79. The van der Waals surface area contributed by atoms with Crippen LogP contribution >= 0.6 is 0 Å². The van der Waals surface area contributed by atoms with Crippen molar-refractivity contribution in [3.8, 4) is 0 Å². The number of nitrogens with zero attached hydrogens (tertiary/aromatic N) is 5. The highest BCUT2D eigenvalue weighted by atomic mass is 16.5. The highest BCUT2D eigenvalue weighted by Gasteiger charge is 2.43. The molecule has 2 aliphatic heterocycles. The predicted octanol–water partition coefficient (Wildman–Crippen LogP) is 1.72. The van der Waals surface area contributed by atoms with E-state index < -0.39 is 12.0 Å². The first-order valence-electron chi connectivity index (χ1n) is 10.8. The molecule has 4 rings (SSSR count). The molecule has 2 aromatic rings. The fourth-order valence-electron chi connectivity index (χ4n) is 4.26. The van der Waals surface area contributed by atoms with E-state index in [0.717, 1.165) is 30.4 Å². The summed E-state index contributed by atoms with van der Waals surface area (Å²) in [6, 6.07) is 7.87. The minimum absolute atomic E-state index is 0.157. The van der Waals surface area contributed by atoms with Gasteiger partial charge in [0.25, 0.3) is 5.91 Å². The number of ether oxygens (including phenoxy) is 1. The molecule has 1 atom stereocenters. The average Bonchev–Trinajstić information content (AvgIpc) is 3.07. The van der Waals surface area contributed by atoms with Crippen LogP contribution in [0.4, 0.5) is 11.5 Å². The Morgan fingerprint density at radius 1 is 1.06 bits per heavy atom. The summed E-state index contributed by atoms with van der Waals surface area (Å²) >= 11 is 0. The normalized spacial score (nSPS) is 19.5. The van der Waals surface area contributed by atoms with Gasteiger partial charge in [-0.3, -0.25) is 14.5 Å². The molecule has 2 amide bonds. The molecule has 2 fully saturated rings. The summed E-state index contributed by atoms with van der Waals surface area (Å²) in [5.74, 6) is 0.757. The first-order chi connectivity index (χ1) is 15.4. The number of imide groups is 1. The summed E-state index contributed by atoms with van der Waals surface area (Å²) in [5, 5.41) is 0. The molecule has 1 unspecified atom stereocenters. The molecule has 3 heterocycles. The highest BCUT2D eigenvalue weighted by molar-refractivity contribution is 6.22. The predicted molar refractivity (Wildman–Crippen MR) is 119 cm³/mol. The molecular weight excluding hydrogens is 410 g/mol. The lowest BCUT2D eigenvalue weighted by atomic mass is 10.1. The molecule has 0 radical (unpaired) electrons. The molecule has 0 N–H and O–H groups in total. The minimum atomic E-state index is -0.469. The third kappa shape index (κ3) is 4.34. The number of aromatic nitrogens is 2. The molecule has 0 spiro atoms. The van der Waals surface area contributed by atoms with Crippen molar-refractivity contribution in [2.75, 3.05) is 42.6 Å². The number of hydrogen-bond donors (Lipinski definition) is 0. The smallest absolute Gasteiger partial charge is 0.338 e. The standard InChI is InChI=1S/C23H27N5O4/c1-4-32-23(31)17-5-7-18(8-6-17)28-21(29)14-19(22(28)30)26-9-11-27(12-10-26)20-13-15(2)24-16(3)25-20/h5-8,13,19H,4,9-12,14H2,1-3H3. The lowest BCUT2D eigenvalue weighted by Gasteiger charge is -2.37. The lowest BCUT2D eigenvalue weighted by Crippen LogP contribution is -2.52. The average molecular weight is 438 g/mol. The monoisotopic (exact) mass is 437 g/mol. The Morgan fingerprint density at radius 2 is 1.75 bits per heavy atom. The van der Waals surface area contributed by atoms with Gasteiger partial charge in [-0.25, -0.2) is 19.7 Å². The van der Waals surface area contributed by atoms with Crippen molar-refractivity contribution in [3.63, 3.8) is 0 Å². The number of hydrogen-bond acceptors (Lipinski definition) is 8. The Hall–Kier alpha value is -3.33. The second kappa shape index (κ2) is 9.04. The van der Waals surface area contributed by atoms with Gasteiger partial charge >= 0.3 is 5.97 Å². The van der Waals surface area contributed by atoms with Crippen LogP contribution in [0.5, 0.6) is 0 Å². The minimum Gasteiger partial charge on any atom is -0.462 e. The Morgan fingerprint density at radius 3 is 2.38 bits per heavy atom. The van der Waals surface area contributed by atoms with E-state index in [9.17, 15) is 14.4 Å². The number of carbonyl (C=O) groups is 3. The number of carbonyl (C=O) groups excluding carboxylic acids is 3. The molecule has 1 aromatic heterocycles. The van der Waals surface area contributed by atoms with E-state index in [0.29, 0.717) is 24.3 Å². The third-order valence-electron chi connectivity index (χ3n) is 5.79. The van der Waals surface area contributed by atoms with Gasteiger partial charge in [-0.05, 0) is 45.0 Å². The zero-order valence-electron chi connectivity index (χ0n) is 18.6. The molecule has 32 heavy (non-hydrogen) atoms. The molecule has 2 aliphatic rings. The van der Waals surface area contributed by atoms with Crippen LogP contribution in [0.15, 0.2) is 30.3 Å². The van der Waals surface area contributed by atoms with Crippen LogP contribution < -0.4 is 9.80 Å². The van der Waals surface area contributed by atoms with Gasteiger partial charge in [-0.15, -0.1) is 0 Å². The second-order valence-corrected chi connectivity index (χ2v) is 7.99. The number of piperazine rings is 1.